The highest BCUT2D eigenvalue weighted by molar-refractivity contribution is 5.78. The van der Waals surface area contributed by atoms with Gasteiger partial charge in [-0.05, 0) is 13.8 Å². The van der Waals surface area contributed by atoms with Crippen LogP contribution in [0.15, 0.2) is 0 Å². The first-order valence-electron chi connectivity index (χ1n) is 6.33. The molecular weight excluding hydrogens is 262 g/mol. The van der Waals surface area contributed by atoms with Gasteiger partial charge in [-0.1, -0.05) is 6.92 Å². The lowest BCUT2D eigenvalue weighted by Crippen LogP contribution is -2.36. The maximum Gasteiger partial charge on any atom is 0.308 e. The van der Waals surface area contributed by atoms with E-state index in [0.717, 1.165) is 11.4 Å². The van der Waals surface area contributed by atoms with Crippen LogP contribution in [-0.4, -0.2) is 51.9 Å². The van der Waals surface area contributed by atoms with E-state index in [0.29, 0.717) is 5.75 Å². The maximum atomic E-state index is 11.9. The van der Waals surface area contributed by atoms with Gasteiger partial charge >= 0.3 is 5.97 Å². The van der Waals surface area contributed by atoms with E-state index in [1.54, 1.807) is 25.7 Å². The van der Waals surface area contributed by atoms with E-state index in [2.05, 4.69) is 5.10 Å². The van der Waals surface area contributed by atoms with Crippen molar-refractivity contribution in [1.29, 1.82) is 0 Å². The molecule has 1 N–H and O–H groups in total. The molecule has 0 saturated heterocycles. The van der Waals surface area contributed by atoms with Gasteiger partial charge in [-0.15, -0.1) is 0 Å². The molecular formula is C13H21N3O4. The summed E-state index contributed by atoms with van der Waals surface area (Å²) < 4.78 is 7.18. The molecule has 1 aromatic heterocycles. The third-order valence-electron chi connectivity index (χ3n) is 3.18. The number of hydrogen-bond donors (Lipinski definition) is 1. The van der Waals surface area contributed by atoms with E-state index in [4.69, 9.17) is 9.84 Å². The van der Waals surface area contributed by atoms with Gasteiger partial charge in [0.05, 0.1) is 11.6 Å². The summed E-state index contributed by atoms with van der Waals surface area (Å²) in [4.78, 5) is 24.0. The Balaban J connectivity index is 2.57. The van der Waals surface area contributed by atoms with Crippen LogP contribution in [0.5, 0.6) is 5.75 Å². The van der Waals surface area contributed by atoms with Crippen LogP contribution in [0.4, 0.5) is 0 Å². The molecule has 1 aromatic rings. The summed E-state index contributed by atoms with van der Waals surface area (Å²) in [5.74, 6) is -1.20. The van der Waals surface area contributed by atoms with Crippen LogP contribution < -0.4 is 4.74 Å². The SMILES string of the molecule is Cc1nn(C)c(C)c1OCC(=O)N(C)CC(C)C(=O)O. The quantitative estimate of drug-likeness (QED) is 0.826. The van der Waals surface area contributed by atoms with Crippen LogP contribution in [0.1, 0.15) is 18.3 Å². The fourth-order valence-electron chi connectivity index (χ4n) is 1.80. The van der Waals surface area contributed by atoms with E-state index in [1.807, 2.05) is 13.8 Å². The summed E-state index contributed by atoms with van der Waals surface area (Å²) in [5, 5.41) is 13.0. The molecule has 20 heavy (non-hydrogen) atoms. The zero-order chi connectivity index (χ0) is 15.4. The molecule has 1 rings (SSSR count). The molecule has 112 valence electrons. The van der Waals surface area contributed by atoms with Crippen molar-refractivity contribution in [3.63, 3.8) is 0 Å². The van der Waals surface area contributed by atoms with E-state index in [-0.39, 0.29) is 19.1 Å². The van der Waals surface area contributed by atoms with Crippen LogP contribution in [0.2, 0.25) is 0 Å². The molecule has 1 amide bonds. The number of aryl methyl sites for hydroxylation is 2. The van der Waals surface area contributed by atoms with Crippen molar-refractivity contribution in [3.05, 3.63) is 11.4 Å². The Kier molecular flexibility index (Phi) is 5.12. The normalized spacial score (nSPS) is 12.1. The first-order chi connectivity index (χ1) is 9.23. The van der Waals surface area contributed by atoms with Crippen molar-refractivity contribution in [2.45, 2.75) is 20.8 Å². The lowest BCUT2D eigenvalue weighted by atomic mass is 10.2. The number of hydrogen-bond acceptors (Lipinski definition) is 4. The number of carbonyl (C=O) groups excluding carboxylic acids is 1. The standard InChI is InChI=1S/C13H21N3O4/c1-8(13(18)19)6-15(4)11(17)7-20-12-9(2)14-16(5)10(12)3/h8H,6-7H2,1-5H3,(H,18,19). The summed E-state index contributed by atoms with van der Waals surface area (Å²) in [6, 6.07) is 0. The lowest BCUT2D eigenvalue weighted by Gasteiger charge is -2.19. The summed E-state index contributed by atoms with van der Waals surface area (Å²) in [5.41, 5.74) is 1.57. The third kappa shape index (κ3) is 3.72. The highest BCUT2D eigenvalue weighted by atomic mass is 16.5. The minimum absolute atomic E-state index is 0.129. The maximum absolute atomic E-state index is 11.9. The van der Waals surface area contributed by atoms with Gasteiger partial charge in [-0.3, -0.25) is 14.3 Å². The van der Waals surface area contributed by atoms with Gasteiger partial charge in [0, 0.05) is 20.6 Å². The molecule has 0 radical (unpaired) electrons. The number of nitrogens with zero attached hydrogens (tertiary/aromatic N) is 3. The zero-order valence-electron chi connectivity index (χ0n) is 12.5. The topological polar surface area (TPSA) is 84.7 Å². The first kappa shape index (κ1) is 16.0. The molecule has 0 bridgehead atoms. The molecule has 0 aromatic carbocycles. The lowest BCUT2D eigenvalue weighted by molar-refractivity contribution is -0.143. The highest BCUT2D eigenvalue weighted by Gasteiger charge is 2.19. The molecule has 0 aliphatic heterocycles. The molecule has 1 unspecified atom stereocenters. The Morgan fingerprint density at radius 2 is 2.05 bits per heavy atom. The van der Waals surface area contributed by atoms with Crippen molar-refractivity contribution in [2.24, 2.45) is 13.0 Å². The second-order valence-corrected chi connectivity index (χ2v) is 4.93. The minimum Gasteiger partial charge on any atom is -0.481 e. The van der Waals surface area contributed by atoms with E-state index in [1.165, 1.54) is 4.90 Å². The second-order valence-electron chi connectivity index (χ2n) is 4.93. The Labute approximate surface area is 118 Å². The molecule has 0 aliphatic carbocycles. The smallest absolute Gasteiger partial charge is 0.308 e. The van der Waals surface area contributed by atoms with Gasteiger partial charge < -0.3 is 14.7 Å². The third-order valence-corrected chi connectivity index (χ3v) is 3.18. The van der Waals surface area contributed by atoms with Crippen molar-refractivity contribution in [1.82, 2.24) is 14.7 Å². The Hall–Kier alpha value is -2.05. The molecule has 0 fully saturated rings. The van der Waals surface area contributed by atoms with Gasteiger partial charge in [-0.25, -0.2) is 0 Å². The Bertz CT molecular complexity index is 510. The summed E-state index contributed by atoms with van der Waals surface area (Å²) >= 11 is 0. The van der Waals surface area contributed by atoms with Crippen LogP contribution >= 0.6 is 0 Å². The van der Waals surface area contributed by atoms with Crippen molar-refractivity contribution < 1.29 is 19.4 Å². The van der Waals surface area contributed by atoms with Gasteiger partial charge in [0.25, 0.3) is 5.91 Å². The van der Waals surface area contributed by atoms with Crippen molar-refractivity contribution >= 4 is 11.9 Å². The van der Waals surface area contributed by atoms with Crippen LogP contribution in [0, 0.1) is 19.8 Å². The van der Waals surface area contributed by atoms with Crippen molar-refractivity contribution in [2.75, 3.05) is 20.2 Å². The van der Waals surface area contributed by atoms with E-state index in [9.17, 15) is 9.59 Å². The van der Waals surface area contributed by atoms with Gasteiger partial charge in [0.1, 0.15) is 5.69 Å². The summed E-state index contributed by atoms with van der Waals surface area (Å²) in [6.07, 6.45) is 0. The monoisotopic (exact) mass is 283 g/mol. The zero-order valence-corrected chi connectivity index (χ0v) is 12.5. The number of carboxylic acids is 1. The molecule has 0 spiro atoms. The number of ether oxygens (including phenoxy) is 1. The summed E-state index contributed by atoms with van der Waals surface area (Å²) in [7, 11) is 3.37. The molecule has 0 aliphatic rings. The summed E-state index contributed by atoms with van der Waals surface area (Å²) in [6.45, 7) is 5.25. The molecule has 1 atom stereocenters. The minimum atomic E-state index is -0.926. The van der Waals surface area contributed by atoms with Gasteiger partial charge in [-0.2, -0.15) is 5.10 Å². The fraction of sp³-hybridized carbons (Fsp3) is 0.615. The first-order valence-corrected chi connectivity index (χ1v) is 6.33. The van der Waals surface area contributed by atoms with Crippen LogP contribution in [0.3, 0.4) is 0 Å². The van der Waals surface area contributed by atoms with Gasteiger partial charge in [0.2, 0.25) is 0 Å². The Morgan fingerprint density at radius 3 is 2.50 bits per heavy atom. The number of amides is 1. The second kappa shape index (κ2) is 6.40. The van der Waals surface area contributed by atoms with E-state index < -0.39 is 11.9 Å². The van der Waals surface area contributed by atoms with Crippen LogP contribution in [-0.2, 0) is 16.6 Å². The average Bonchev–Trinajstić information content (AvgIpc) is 2.60. The van der Waals surface area contributed by atoms with Crippen molar-refractivity contribution in [3.8, 4) is 5.75 Å². The van der Waals surface area contributed by atoms with Crippen LogP contribution in [0.25, 0.3) is 0 Å². The fourth-order valence-corrected chi connectivity index (χ4v) is 1.80. The number of rotatable bonds is 6. The Morgan fingerprint density at radius 1 is 1.45 bits per heavy atom. The molecule has 7 nitrogen and oxygen atoms in total. The molecule has 1 heterocycles. The predicted molar refractivity (Wildman–Crippen MR) is 72.6 cm³/mol. The highest BCUT2D eigenvalue weighted by Crippen LogP contribution is 2.21. The number of aliphatic carboxylic acids is 1. The predicted octanol–water partition coefficient (Wildman–Crippen LogP) is 0.595. The number of likely N-dealkylation sites (N-methyl/N-ethyl adjacent to an activating group) is 1. The molecule has 0 saturated carbocycles. The van der Waals surface area contributed by atoms with Gasteiger partial charge in [0.15, 0.2) is 12.4 Å². The average molecular weight is 283 g/mol. The largest absolute Gasteiger partial charge is 0.481 e. The van der Waals surface area contributed by atoms with E-state index >= 15 is 0 Å². The number of carboxylic acid groups (broad SMARTS) is 1. The molecule has 7 heteroatoms. The number of aromatic nitrogens is 2. The number of carbonyl (C=O) groups is 2.